The number of fused-ring (bicyclic) bond motifs is 1. The van der Waals surface area contributed by atoms with E-state index < -0.39 is 0 Å². The highest BCUT2D eigenvalue weighted by Gasteiger charge is 2.17. The highest BCUT2D eigenvalue weighted by Crippen LogP contribution is 2.20. The summed E-state index contributed by atoms with van der Waals surface area (Å²) in [5.74, 6) is 0.681. The first kappa shape index (κ1) is 16.7. The van der Waals surface area contributed by atoms with Gasteiger partial charge in [0.05, 0.1) is 22.6 Å². The molecule has 0 saturated carbocycles. The standard InChI is InChI=1S/C19H20ClN3O/c1-4-21-13(3)18-22-17-11-14(20)7-10-16(17)19(24)23(18)15-8-5-12(2)6-9-15/h5-11,13,21H,4H2,1-3H3. The number of hydrogen-bond acceptors (Lipinski definition) is 3. The van der Waals surface area contributed by atoms with Crippen molar-refractivity contribution in [2.24, 2.45) is 0 Å². The fourth-order valence-electron chi connectivity index (χ4n) is 2.81. The van der Waals surface area contributed by atoms with Gasteiger partial charge in [0.1, 0.15) is 5.82 Å². The lowest BCUT2D eigenvalue weighted by Crippen LogP contribution is -2.30. The summed E-state index contributed by atoms with van der Waals surface area (Å²) in [6.45, 7) is 6.85. The highest BCUT2D eigenvalue weighted by molar-refractivity contribution is 6.31. The van der Waals surface area contributed by atoms with Gasteiger partial charge in [0.25, 0.3) is 5.56 Å². The van der Waals surface area contributed by atoms with E-state index in [1.807, 2.05) is 45.0 Å². The molecule has 0 amide bonds. The molecule has 0 aliphatic rings. The highest BCUT2D eigenvalue weighted by atomic mass is 35.5. The van der Waals surface area contributed by atoms with Crippen molar-refractivity contribution >= 4 is 22.5 Å². The summed E-state index contributed by atoms with van der Waals surface area (Å²) in [7, 11) is 0. The third kappa shape index (κ3) is 3.07. The van der Waals surface area contributed by atoms with E-state index in [4.69, 9.17) is 16.6 Å². The number of halogens is 1. The third-order valence-electron chi connectivity index (χ3n) is 4.05. The van der Waals surface area contributed by atoms with Crippen molar-refractivity contribution in [1.29, 1.82) is 0 Å². The van der Waals surface area contributed by atoms with Crippen LogP contribution in [0.15, 0.2) is 47.3 Å². The molecule has 0 bridgehead atoms. The van der Waals surface area contributed by atoms with Crippen LogP contribution in [-0.2, 0) is 0 Å². The van der Waals surface area contributed by atoms with Gasteiger partial charge in [0, 0.05) is 5.02 Å². The van der Waals surface area contributed by atoms with Crippen LogP contribution in [0.4, 0.5) is 0 Å². The fourth-order valence-corrected chi connectivity index (χ4v) is 2.97. The van der Waals surface area contributed by atoms with E-state index >= 15 is 0 Å². The summed E-state index contributed by atoms with van der Waals surface area (Å²) in [5.41, 5.74) is 2.50. The summed E-state index contributed by atoms with van der Waals surface area (Å²) in [6, 6.07) is 13.0. The Morgan fingerprint density at radius 3 is 2.58 bits per heavy atom. The minimum Gasteiger partial charge on any atom is -0.308 e. The summed E-state index contributed by atoms with van der Waals surface area (Å²) in [5, 5.41) is 4.47. The van der Waals surface area contributed by atoms with Crippen molar-refractivity contribution in [3.8, 4) is 5.69 Å². The summed E-state index contributed by atoms with van der Waals surface area (Å²) in [4.78, 5) is 17.8. The van der Waals surface area contributed by atoms with Crippen molar-refractivity contribution in [3.05, 3.63) is 69.2 Å². The van der Waals surface area contributed by atoms with E-state index in [2.05, 4.69) is 5.32 Å². The van der Waals surface area contributed by atoms with Crippen LogP contribution in [0.3, 0.4) is 0 Å². The molecule has 124 valence electrons. The van der Waals surface area contributed by atoms with Gasteiger partial charge < -0.3 is 5.32 Å². The zero-order valence-electron chi connectivity index (χ0n) is 14.0. The summed E-state index contributed by atoms with van der Waals surface area (Å²) >= 11 is 6.07. The molecule has 5 heteroatoms. The van der Waals surface area contributed by atoms with E-state index in [1.54, 1.807) is 22.8 Å². The molecule has 0 spiro atoms. The quantitative estimate of drug-likeness (QED) is 0.779. The van der Waals surface area contributed by atoms with Crippen molar-refractivity contribution < 1.29 is 0 Å². The largest absolute Gasteiger partial charge is 0.308 e. The second-order valence-corrected chi connectivity index (χ2v) is 6.32. The topological polar surface area (TPSA) is 46.9 Å². The van der Waals surface area contributed by atoms with Gasteiger partial charge in [0.2, 0.25) is 0 Å². The monoisotopic (exact) mass is 341 g/mol. The van der Waals surface area contributed by atoms with E-state index in [1.165, 1.54) is 0 Å². The van der Waals surface area contributed by atoms with Gasteiger partial charge in [-0.2, -0.15) is 0 Å². The molecule has 0 aliphatic carbocycles. The Balaban J connectivity index is 2.33. The van der Waals surface area contributed by atoms with E-state index in [0.717, 1.165) is 17.8 Å². The van der Waals surface area contributed by atoms with Gasteiger partial charge in [-0.1, -0.05) is 36.2 Å². The lowest BCUT2D eigenvalue weighted by atomic mass is 10.2. The molecule has 1 aromatic heterocycles. The van der Waals surface area contributed by atoms with Crippen molar-refractivity contribution in [3.63, 3.8) is 0 Å². The van der Waals surface area contributed by atoms with Gasteiger partial charge in [-0.25, -0.2) is 4.98 Å². The molecule has 0 saturated heterocycles. The minimum atomic E-state index is -0.0831. The Bertz CT molecular complexity index is 932. The Hall–Kier alpha value is -2.17. The average molecular weight is 342 g/mol. The second-order valence-electron chi connectivity index (χ2n) is 5.89. The molecular weight excluding hydrogens is 322 g/mol. The van der Waals surface area contributed by atoms with Crippen LogP contribution in [0.25, 0.3) is 16.6 Å². The van der Waals surface area contributed by atoms with Crippen molar-refractivity contribution in [1.82, 2.24) is 14.9 Å². The van der Waals surface area contributed by atoms with E-state index in [0.29, 0.717) is 21.7 Å². The molecule has 1 heterocycles. The first-order valence-corrected chi connectivity index (χ1v) is 8.41. The van der Waals surface area contributed by atoms with Crippen LogP contribution in [-0.4, -0.2) is 16.1 Å². The van der Waals surface area contributed by atoms with Crippen LogP contribution in [0.1, 0.15) is 31.3 Å². The van der Waals surface area contributed by atoms with Crippen LogP contribution in [0, 0.1) is 6.92 Å². The molecule has 3 aromatic rings. The molecule has 3 rings (SSSR count). The van der Waals surface area contributed by atoms with Gasteiger partial charge in [0.15, 0.2) is 0 Å². The van der Waals surface area contributed by atoms with Crippen LogP contribution in [0.2, 0.25) is 5.02 Å². The smallest absolute Gasteiger partial charge is 0.266 e. The molecule has 1 unspecified atom stereocenters. The summed E-state index contributed by atoms with van der Waals surface area (Å²) in [6.07, 6.45) is 0. The summed E-state index contributed by atoms with van der Waals surface area (Å²) < 4.78 is 1.68. The number of rotatable bonds is 4. The normalized spacial score (nSPS) is 12.5. The van der Waals surface area contributed by atoms with Crippen molar-refractivity contribution in [2.75, 3.05) is 6.54 Å². The van der Waals surface area contributed by atoms with Gasteiger partial charge in [-0.3, -0.25) is 9.36 Å². The molecule has 0 aliphatic heterocycles. The molecule has 1 atom stereocenters. The SMILES string of the molecule is CCNC(C)c1nc2cc(Cl)ccc2c(=O)n1-c1ccc(C)cc1. The molecule has 4 nitrogen and oxygen atoms in total. The van der Waals surface area contributed by atoms with Gasteiger partial charge >= 0.3 is 0 Å². The number of aryl methyl sites for hydroxylation is 1. The Morgan fingerprint density at radius 2 is 1.92 bits per heavy atom. The molecule has 2 aromatic carbocycles. The van der Waals surface area contributed by atoms with Crippen molar-refractivity contribution in [2.45, 2.75) is 26.8 Å². The predicted octanol–water partition coefficient (Wildman–Crippen LogP) is 4.02. The first-order chi connectivity index (χ1) is 11.5. The van der Waals surface area contributed by atoms with Gasteiger partial charge in [-0.05, 0) is 50.7 Å². The maximum Gasteiger partial charge on any atom is 0.266 e. The number of nitrogens with zero attached hydrogens (tertiary/aromatic N) is 2. The van der Waals surface area contributed by atoms with Gasteiger partial charge in [-0.15, -0.1) is 0 Å². The first-order valence-electron chi connectivity index (χ1n) is 8.04. The maximum atomic E-state index is 13.1. The van der Waals surface area contributed by atoms with Crippen LogP contribution in [0.5, 0.6) is 0 Å². The molecule has 24 heavy (non-hydrogen) atoms. The Labute approximate surface area is 146 Å². The number of hydrogen-bond donors (Lipinski definition) is 1. The zero-order chi connectivity index (χ0) is 17.3. The molecule has 1 N–H and O–H groups in total. The third-order valence-corrected chi connectivity index (χ3v) is 4.28. The molecular formula is C19H20ClN3O. The number of benzene rings is 2. The lowest BCUT2D eigenvalue weighted by Gasteiger charge is -2.19. The lowest BCUT2D eigenvalue weighted by molar-refractivity contribution is 0.551. The second kappa shape index (κ2) is 6.75. The fraction of sp³-hybridized carbons (Fsp3) is 0.263. The zero-order valence-corrected chi connectivity index (χ0v) is 14.8. The van der Waals surface area contributed by atoms with Crippen LogP contribution >= 0.6 is 11.6 Å². The minimum absolute atomic E-state index is 0.0626. The predicted molar refractivity (Wildman–Crippen MR) is 99.2 cm³/mol. The Morgan fingerprint density at radius 1 is 1.21 bits per heavy atom. The molecule has 0 radical (unpaired) electrons. The van der Waals surface area contributed by atoms with Crippen LogP contribution < -0.4 is 10.9 Å². The average Bonchev–Trinajstić information content (AvgIpc) is 2.55. The van der Waals surface area contributed by atoms with E-state index in [9.17, 15) is 4.79 Å². The number of nitrogens with one attached hydrogen (secondary N) is 1. The van der Waals surface area contributed by atoms with E-state index in [-0.39, 0.29) is 11.6 Å². The number of aromatic nitrogens is 2. The Kier molecular flexibility index (Phi) is 4.69. The maximum absolute atomic E-state index is 13.1. The molecule has 0 fully saturated rings.